The maximum Gasteiger partial charge on any atom is 0.257 e. The summed E-state index contributed by atoms with van der Waals surface area (Å²) < 4.78 is 6.23. The first-order valence-electron chi connectivity index (χ1n) is 11.8. The molecule has 4 rings (SSSR count). The number of ether oxygens (including phenoxy) is 1. The predicted octanol–water partition coefficient (Wildman–Crippen LogP) is 4.30. The van der Waals surface area contributed by atoms with Crippen LogP contribution in [0.2, 0.25) is 10.0 Å². The van der Waals surface area contributed by atoms with Gasteiger partial charge in [-0.3, -0.25) is 19.3 Å². The molecule has 2 aliphatic rings. The largest absolute Gasteiger partial charge is 0.354 e. The van der Waals surface area contributed by atoms with E-state index in [4.69, 9.17) is 27.9 Å². The van der Waals surface area contributed by atoms with E-state index in [1.54, 1.807) is 34.1 Å². The number of amides is 3. The number of carbonyl (C=O) groups is 3. The molecule has 1 atom stereocenters. The molecular formula is C26H29Cl2N3O4. The van der Waals surface area contributed by atoms with Crippen LogP contribution in [0, 0.1) is 6.92 Å². The van der Waals surface area contributed by atoms with Gasteiger partial charge in [0.05, 0.1) is 16.7 Å². The third kappa shape index (κ3) is 5.03. The van der Waals surface area contributed by atoms with Crippen LogP contribution < -0.4 is 5.32 Å². The van der Waals surface area contributed by atoms with Crippen LogP contribution in [0.5, 0.6) is 0 Å². The van der Waals surface area contributed by atoms with Crippen molar-refractivity contribution in [3.63, 3.8) is 0 Å². The number of hydrogen-bond donors (Lipinski definition) is 1. The van der Waals surface area contributed by atoms with Gasteiger partial charge in [-0.1, -0.05) is 48.3 Å². The second kappa shape index (κ2) is 10.6. The van der Waals surface area contributed by atoms with Crippen molar-refractivity contribution in [1.82, 2.24) is 15.1 Å². The lowest BCUT2D eigenvalue weighted by Gasteiger charge is -2.44. The highest BCUT2D eigenvalue weighted by Gasteiger charge is 2.54. The average molecular weight is 518 g/mol. The Morgan fingerprint density at radius 3 is 2.43 bits per heavy atom. The molecule has 2 aliphatic heterocycles. The lowest BCUT2D eigenvalue weighted by Crippen LogP contribution is -2.60. The Kier molecular flexibility index (Phi) is 7.69. The number of rotatable bonds is 5. The van der Waals surface area contributed by atoms with Crippen molar-refractivity contribution in [3.05, 3.63) is 69.2 Å². The molecule has 2 aromatic carbocycles. The monoisotopic (exact) mass is 517 g/mol. The topological polar surface area (TPSA) is 79.0 Å². The van der Waals surface area contributed by atoms with E-state index in [9.17, 15) is 14.4 Å². The average Bonchev–Trinajstić information content (AvgIpc) is 3.22. The van der Waals surface area contributed by atoms with Crippen LogP contribution in [0.1, 0.15) is 52.5 Å². The Morgan fingerprint density at radius 2 is 1.77 bits per heavy atom. The molecule has 186 valence electrons. The molecule has 0 bridgehead atoms. The van der Waals surface area contributed by atoms with Crippen molar-refractivity contribution in [2.45, 2.75) is 44.9 Å². The fourth-order valence-electron chi connectivity index (χ4n) is 4.75. The van der Waals surface area contributed by atoms with Gasteiger partial charge in [-0.2, -0.15) is 0 Å². The summed E-state index contributed by atoms with van der Waals surface area (Å²) in [6, 6.07) is 11.4. The Morgan fingerprint density at radius 1 is 1.06 bits per heavy atom. The number of hydrogen-bond acceptors (Lipinski definition) is 4. The van der Waals surface area contributed by atoms with Gasteiger partial charge in [0.25, 0.3) is 11.8 Å². The van der Waals surface area contributed by atoms with Gasteiger partial charge in [0.2, 0.25) is 5.91 Å². The number of nitrogens with zero attached hydrogens (tertiary/aromatic N) is 2. The van der Waals surface area contributed by atoms with Crippen LogP contribution in [-0.2, 0) is 9.53 Å². The van der Waals surface area contributed by atoms with Crippen LogP contribution in [0.3, 0.4) is 0 Å². The Labute approximate surface area is 215 Å². The van der Waals surface area contributed by atoms with E-state index < -0.39 is 11.8 Å². The van der Waals surface area contributed by atoms with Crippen molar-refractivity contribution in [3.8, 4) is 0 Å². The molecule has 0 aliphatic carbocycles. The SMILES string of the molecule is CCCNC(=O)[C@H]1COC2(CCN(C(=O)c3ccc(Cl)c(Cl)c3)CC2)N1C(=O)c1ccccc1C. The smallest absolute Gasteiger partial charge is 0.257 e. The van der Waals surface area contributed by atoms with E-state index in [1.165, 1.54) is 0 Å². The summed E-state index contributed by atoms with van der Waals surface area (Å²) in [4.78, 5) is 43.2. The predicted molar refractivity (Wildman–Crippen MR) is 135 cm³/mol. The molecule has 2 aromatic rings. The van der Waals surface area contributed by atoms with Crippen molar-refractivity contribution >= 4 is 40.9 Å². The third-order valence-electron chi connectivity index (χ3n) is 6.71. The minimum absolute atomic E-state index is 0.119. The fraction of sp³-hybridized carbons (Fsp3) is 0.423. The Hall–Kier alpha value is -2.61. The van der Waals surface area contributed by atoms with Gasteiger partial charge in [-0.25, -0.2) is 0 Å². The maximum atomic E-state index is 13.8. The summed E-state index contributed by atoms with van der Waals surface area (Å²) in [6.07, 6.45) is 1.59. The molecule has 2 saturated heterocycles. The minimum atomic E-state index is -0.956. The zero-order valence-electron chi connectivity index (χ0n) is 19.9. The molecule has 0 saturated carbocycles. The summed E-state index contributed by atoms with van der Waals surface area (Å²) in [5.41, 5.74) is 0.869. The zero-order chi connectivity index (χ0) is 25.2. The van der Waals surface area contributed by atoms with Crippen LogP contribution in [0.25, 0.3) is 0 Å². The second-order valence-electron chi connectivity index (χ2n) is 8.98. The van der Waals surface area contributed by atoms with Crippen molar-refractivity contribution in [1.29, 1.82) is 0 Å². The van der Waals surface area contributed by atoms with Gasteiger partial charge in [0, 0.05) is 43.6 Å². The third-order valence-corrected chi connectivity index (χ3v) is 7.44. The summed E-state index contributed by atoms with van der Waals surface area (Å²) in [5.74, 6) is -0.619. The number of likely N-dealkylation sites (tertiary alicyclic amines) is 1. The molecule has 35 heavy (non-hydrogen) atoms. The van der Waals surface area contributed by atoms with Crippen LogP contribution in [0.15, 0.2) is 42.5 Å². The second-order valence-corrected chi connectivity index (χ2v) is 9.79. The molecule has 0 aromatic heterocycles. The molecule has 2 heterocycles. The quantitative estimate of drug-likeness (QED) is 0.641. The van der Waals surface area contributed by atoms with Crippen molar-refractivity contribution in [2.24, 2.45) is 0 Å². The standard InChI is InChI=1S/C26H29Cl2N3O4/c1-3-12-29-23(32)22-16-35-26(31(22)25(34)19-7-5-4-6-17(19)2)10-13-30(14-11-26)24(33)18-8-9-20(27)21(28)15-18/h4-9,15,22H,3,10-14,16H2,1-2H3,(H,29,32)/t22-/m1/s1. The molecule has 1 spiro atoms. The number of piperidine rings is 1. The molecule has 2 fully saturated rings. The lowest BCUT2D eigenvalue weighted by atomic mass is 9.95. The first-order valence-corrected chi connectivity index (χ1v) is 12.6. The fourth-order valence-corrected chi connectivity index (χ4v) is 5.04. The van der Waals surface area contributed by atoms with Gasteiger partial charge in [-0.15, -0.1) is 0 Å². The normalized spacial score (nSPS) is 19.1. The van der Waals surface area contributed by atoms with Crippen LogP contribution >= 0.6 is 23.2 Å². The van der Waals surface area contributed by atoms with E-state index in [0.717, 1.165) is 12.0 Å². The Balaban J connectivity index is 1.58. The summed E-state index contributed by atoms with van der Waals surface area (Å²) in [5, 5.41) is 3.61. The van der Waals surface area contributed by atoms with Crippen molar-refractivity contribution in [2.75, 3.05) is 26.2 Å². The molecule has 0 radical (unpaired) electrons. The number of carbonyl (C=O) groups excluding carboxylic acids is 3. The van der Waals surface area contributed by atoms with Gasteiger partial charge in [0.1, 0.15) is 11.8 Å². The van der Waals surface area contributed by atoms with Crippen LogP contribution in [-0.4, -0.2) is 65.5 Å². The van der Waals surface area contributed by atoms with E-state index in [1.807, 2.05) is 32.0 Å². The van der Waals surface area contributed by atoms with Gasteiger partial charge < -0.3 is 15.0 Å². The lowest BCUT2D eigenvalue weighted by molar-refractivity contribution is -0.128. The first kappa shape index (κ1) is 25.5. The number of halogens is 2. The summed E-state index contributed by atoms with van der Waals surface area (Å²) in [6.45, 7) is 5.25. The van der Waals surface area contributed by atoms with Crippen molar-refractivity contribution < 1.29 is 19.1 Å². The number of aryl methyl sites for hydroxylation is 1. The maximum absolute atomic E-state index is 13.8. The minimum Gasteiger partial charge on any atom is -0.354 e. The van der Waals surface area contributed by atoms with E-state index in [-0.39, 0.29) is 24.3 Å². The highest BCUT2D eigenvalue weighted by molar-refractivity contribution is 6.42. The molecule has 1 N–H and O–H groups in total. The van der Waals surface area contributed by atoms with E-state index >= 15 is 0 Å². The number of nitrogens with one attached hydrogen (secondary N) is 1. The molecule has 0 unspecified atom stereocenters. The number of benzene rings is 2. The highest BCUT2D eigenvalue weighted by Crippen LogP contribution is 2.39. The summed E-state index contributed by atoms with van der Waals surface area (Å²) in [7, 11) is 0. The molecular weight excluding hydrogens is 489 g/mol. The van der Waals surface area contributed by atoms with Gasteiger partial charge in [0.15, 0.2) is 0 Å². The van der Waals surface area contributed by atoms with Gasteiger partial charge >= 0.3 is 0 Å². The first-order chi connectivity index (χ1) is 16.8. The van der Waals surface area contributed by atoms with E-state index in [0.29, 0.717) is 53.6 Å². The zero-order valence-corrected chi connectivity index (χ0v) is 21.4. The van der Waals surface area contributed by atoms with E-state index in [2.05, 4.69) is 5.32 Å². The molecule has 7 nitrogen and oxygen atoms in total. The molecule has 3 amide bonds. The molecule has 9 heteroatoms. The van der Waals surface area contributed by atoms with Crippen LogP contribution in [0.4, 0.5) is 0 Å². The van der Waals surface area contributed by atoms with Gasteiger partial charge in [-0.05, 0) is 43.2 Å². The highest BCUT2D eigenvalue weighted by atomic mass is 35.5. The summed E-state index contributed by atoms with van der Waals surface area (Å²) >= 11 is 12.1. The Bertz CT molecular complexity index is 1130.